The molecular weight excluding hydrogens is 424 g/mol. The molecule has 0 aliphatic rings. The quantitative estimate of drug-likeness (QED) is 0.406. The minimum atomic E-state index is -0.164. The van der Waals surface area contributed by atoms with Crippen molar-refractivity contribution in [3.63, 3.8) is 0 Å². The van der Waals surface area contributed by atoms with Crippen molar-refractivity contribution in [3.05, 3.63) is 102 Å². The summed E-state index contributed by atoms with van der Waals surface area (Å²) in [6.07, 6.45) is 2.63. The summed E-state index contributed by atoms with van der Waals surface area (Å²) in [5, 5.41) is 7.91. The van der Waals surface area contributed by atoms with Crippen molar-refractivity contribution in [1.29, 1.82) is 0 Å². The van der Waals surface area contributed by atoms with Crippen molar-refractivity contribution < 1.29 is 9.53 Å². The Morgan fingerprint density at radius 1 is 0.971 bits per heavy atom. The van der Waals surface area contributed by atoms with Crippen molar-refractivity contribution >= 4 is 5.91 Å². The Morgan fingerprint density at radius 3 is 2.29 bits per heavy atom. The number of para-hydroxylation sites is 2. The molecule has 3 aromatic carbocycles. The van der Waals surface area contributed by atoms with Crippen molar-refractivity contribution in [2.75, 3.05) is 27.7 Å². The monoisotopic (exact) mass is 454 g/mol. The molecule has 0 aliphatic carbocycles. The zero-order chi connectivity index (χ0) is 23.9. The van der Waals surface area contributed by atoms with E-state index in [1.165, 1.54) is 5.56 Å². The summed E-state index contributed by atoms with van der Waals surface area (Å²) in [6.45, 7) is 0.516. The highest BCUT2D eigenvalue weighted by molar-refractivity contribution is 6.00. The summed E-state index contributed by atoms with van der Waals surface area (Å²) < 4.78 is 7.30. The summed E-state index contributed by atoms with van der Waals surface area (Å²) in [6, 6.07) is 27.9. The van der Waals surface area contributed by atoms with Gasteiger partial charge in [-0.25, -0.2) is 4.68 Å². The van der Waals surface area contributed by atoms with Gasteiger partial charge in [0.25, 0.3) is 5.91 Å². The van der Waals surface area contributed by atoms with Crippen LogP contribution in [-0.4, -0.2) is 54.4 Å². The van der Waals surface area contributed by atoms with Crippen LogP contribution in [0.4, 0.5) is 0 Å². The molecule has 1 heterocycles. The standard InChI is InChI=1S/C28H30N4O2/c1-31(2)23(18-21-12-6-4-7-13-21)19-29-28(33)25-20-32(22-14-8-5-9-15-22)30-27(25)24-16-10-11-17-26(24)34-3/h4-17,20,23H,18-19H2,1-3H3,(H,29,33)/t23-/m1/s1. The van der Waals surface area contributed by atoms with Crippen LogP contribution < -0.4 is 10.1 Å². The summed E-state index contributed by atoms with van der Waals surface area (Å²) in [5.41, 5.74) is 3.99. The average molecular weight is 455 g/mol. The Kier molecular flexibility index (Phi) is 7.40. The first-order chi connectivity index (χ1) is 16.6. The van der Waals surface area contributed by atoms with Crippen molar-refractivity contribution in [2.45, 2.75) is 12.5 Å². The fourth-order valence-electron chi connectivity index (χ4n) is 3.92. The molecular formula is C28H30N4O2. The summed E-state index contributed by atoms with van der Waals surface area (Å²) in [5.74, 6) is 0.508. The normalized spacial score (nSPS) is 11.9. The Labute approximate surface area is 200 Å². The van der Waals surface area contributed by atoms with E-state index in [0.29, 0.717) is 23.6 Å². The number of likely N-dealkylation sites (N-methyl/N-ethyl adjacent to an activating group) is 1. The molecule has 4 aromatic rings. The fourth-order valence-corrected chi connectivity index (χ4v) is 3.92. The molecule has 1 N–H and O–H groups in total. The Morgan fingerprint density at radius 2 is 1.62 bits per heavy atom. The number of hydrogen-bond acceptors (Lipinski definition) is 4. The lowest BCUT2D eigenvalue weighted by atomic mass is 10.0. The zero-order valence-electron chi connectivity index (χ0n) is 19.8. The minimum Gasteiger partial charge on any atom is -0.496 e. The Hall–Kier alpha value is -3.90. The van der Waals surface area contributed by atoms with Crippen LogP contribution in [0.25, 0.3) is 16.9 Å². The van der Waals surface area contributed by atoms with Gasteiger partial charge in [-0.15, -0.1) is 0 Å². The van der Waals surface area contributed by atoms with Crippen molar-refractivity contribution in [3.8, 4) is 22.7 Å². The van der Waals surface area contributed by atoms with Crippen LogP contribution in [0.5, 0.6) is 5.75 Å². The minimum absolute atomic E-state index is 0.158. The lowest BCUT2D eigenvalue weighted by molar-refractivity contribution is 0.0942. The molecule has 0 radical (unpaired) electrons. The molecule has 174 valence electrons. The van der Waals surface area contributed by atoms with Gasteiger partial charge in [-0.3, -0.25) is 4.79 Å². The van der Waals surface area contributed by atoms with Crippen LogP contribution in [0.1, 0.15) is 15.9 Å². The number of nitrogens with zero attached hydrogens (tertiary/aromatic N) is 3. The first-order valence-electron chi connectivity index (χ1n) is 11.3. The van der Waals surface area contributed by atoms with Gasteiger partial charge in [0.2, 0.25) is 0 Å². The Balaban J connectivity index is 1.62. The number of rotatable bonds is 9. The van der Waals surface area contributed by atoms with Crippen molar-refractivity contribution in [1.82, 2.24) is 20.0 Å². The van der Waals surface area contributed by atoms with Gasteiger partial charge in [-0.05, 0) is 50.3 Å². The van der Waals surface area contributed by atoms with Gasteiger partial charge in [0.05, 0.1) is 18.4 Å². The Bertz CT molecular complexity index is 1220. The third-order valence-corrected chi connectivity index (χ3v) is 5.88. The number of aromatic nitrogens is 2. The van der Waals surface area contributed by atoms with Crippen LogP contribution >= 0.6 is 0 Å². The number of ether oxygens (including phenoxy) is 1. The fraction of sp³-hybridized carbons (Fsp3) is 0.214. The lowest BCUT2D eigenvalue weighted by Gasteiger charge is -2.24. The number of carbonyl (C=O) groups excluding carboxylic acids is 1. The van der Waals surface area contributed by atoms with Crippen LogP contribution in [0.3, 0.4) is 0 Å². The van der Waals surface area contributed by atoms with Gasteiger partial charge >= 0.3 is 0 Å². The number of hydrogen-bond donors (Lipinski definition) is 1. The molecule has 0 fully saturated rings. The van der Waals surface area contributed by atoms with Gasteiger partial charge in [-0.2, -0.15) is 5.10 Å². The second-order valence-corrected chi connectivity index (χ2v) is 8.39. The molecule has 1 atom stereocenters. The number of nitrogens with one attached hydrogen (secondary N) is 1. The van der Waals surface area contributed by atoms with Crippen LogP contribution in [0.2, 0.25) is 0 Å². The number of amides is 1. The maximum atomic E-state index is 13.4. The van der Waals surface area contributed by atoms with Gasteiger partial charge in [-0.1, -0.05) is 60.7 Å². The summed E-state index contributed by atoms with van der Waals surface area (Å²) >= 11 is 0. The van der Waals surface area contributed by atoms with E-state index in [1.54, 1.807) is 18.0 Å². The van der Waals surface area contributed by atoms with E-state index >= 15 is 0 Å². The van der Waals surface area contributed by atoms with E-state index in [-0.39, 0.29) is 11.9 Å². The topological polar surface area (TPSA) is 59.4 Å². The van der Waals surface area contributed by atoms with Crippen LogP contribution in [0.15, 0.2) is 91.1 Å². The van der Waals surface area contributed by atoms with Gasteiger partial charge in [0.15, 0.2) is 0 Å². The molecule has 0 saturated carbocycles. The maximum Gasteiger partial charge on any atom is 0.255 e. The smallest absolute Gasteiger partial charge is 0.255 e. The first kappa shape index (κ1) is 23.3. The highest BCUT2D eigenvalue weighted by Gasteiger charge is 2.22. The average Bonchev–Trinajstić information content (AvgIpc) is 3.33. The summed E-state index contributed by atoms with van der Waals surface area (Å²) in [4.78, 5) is 15.6. The predicted octanol–water partition coefficient (Wildman–Crippen LogP) is 4.45. The molecule has 0 saturated heterocycles. The van der Waals surface area contributed by atoms with E-state index in [4.69, 9.17) is 9.84 Å². The zero-order valence-corrected chi connectivity index (χ0v) is 19.8. The van der Waals surface area contributed by atoms with Gasteiger partial charge < -0.3 is 15.0 Å². The third-order valence-electron chi connectivity index (χ3n) is 5.88. The molecule has 0 aliphatic heterocycles. The van der Waals surface area contributed by atoms with Gasteiger partial charge in [0, 0.05) is 24.3 Å². The maximum absolute atomic E-state index is 13.4. The van der Waals surface area contributed by atoms with Crippen LogP contribution in [-0.2, 0) is 6.42 Å². The molecule has 1 amide bonds. The molecule has 4 rings (SSSR count). The van der Waals surface area contributed by atoms with E-state index in [9.17, 15) is 4.79 Å². The second kappa shape index (κ2) is 10.8. The highest BCUT2D eigenvalue weighted by atomic mass is 16.5. The molecule has 34 heavy (non-hydrogen) atoms. The van der Waals surface area contributed by atoms with Gasteiger partial charge in [0.1, 0.15) is 11.4 Å². The van der Waals surface area contributed by atoms with E-state index in [2.05, 4.69) is 22.3 Å². The van der Waals surface area contributed by atoms with E-state index in [0.717, 1.165) is 17.7 Å². The number of benzene rings is 3. The molecule has 0 bridgehead atoms. The predicted molar refractivity (Wildman–Crippen MR) is 136 cm³/mol. The molecule has 6 heteroatoms. The van der Waals surface area contributed by atoms with Crippen LogP contribution in [0, 0.1) is 0 Å². The lowest BCUT2D eigenvalue weighted by Crippen LogP contribution is -2.41. The SMILES string of the molecule is COc1ccccc1-c1nn(-c2ccccc2)cc1C(=O)NC[C@@H](Cc1ccccc1)N(C)C. The molecule has 0 unspecified atom stereocenters. The highest BCUT2D eigenvalue weighted by Crippen LogP contribution is 2.31. The first-order valence-corrected chi connectivity index (χ1v) is 11.3. The summed E-state index contributed by atoms with van der Waals surface area (Å²) in [7, 11) is 5.69. The third kappa shape index (κ3) is 5.35. The molecule has 1 aromatic heterocycles. The number of methoxy groups -OCH3 is 1. The molecule has 6 nitrogen and oxygen atoms in total. The largest absolute Gasteiger partial charge is 0.496 e. The second-order valence-electron chi connectivity index (χ2n) is 8.39. The molecule has 0 spiro atoms. The number of carbonyl (C=O) groups is 1. The van der Waals surface area contributed by atoms with E-state index < -0.39 is 0 Å². The van der Waals surface area contributed by atoms with Crippen molar-refractivity contribution in [2.24, 2.45) is 0 Å². The van der Waals surface area contributed by atoms with E-state index in [1.807, 2.05) is 86.9 Å².